The second-order valence-electron chi connectivity index (χ2n) is 3.47. The third-order valence-corrected chi connectivity index (χ3v) is 2.27. The van der Waals surface area contributed by atoms with Crippen molar-refractivity contribution in [2.45, 2.75) is 0 Å². The monoisotopic (exact) mass is 282 g/mol. The van der Waals surface area contributed by atoms with E-state index < -0.39 is 11.9 Å². The predicted octanol–water partition coefficient (Wildman–Crippen LogP) is 3.10. The Morgan fingerprint density at radius 1 is 1.37 bits per heavy atom. The number of hydrogen-bond donors (Lipinski definition) is 3. The van der Waals surface area contributed by atoms with E-state index in [9.17, 15) is 9.18 Å². The van der Waals surface area contributed by atoms with E-state index in [2.05, 4.69) is 20.6 Å². The fourth-order valence-corrected chi connectivity index (χ4v) is 1.50. The van der Waals surface area contributed by atoms with Crippen LogP contribution in [0.4, 0.5) is 26.4 Å². The first kappa shape index (κ1) is 13.0. The fourth-order valence-electron chi connectivity index (χ4n) is 1.37. The second kappa shape index (κ2) is 5.49. The maximum atomic E-state index is 13.4. The van der Waals surface area contributed by atoms with Gasteiger partial charge in [-0.25, -0.2) is 14.2 Å². The average molecular weight is 283 g/mol. The number of amides is 1. The number of aromatic nitrogens is 2. The Labute approximate surface area is 112 Å². The maximum absolute atomic E-state index is 13.4. The van der Waals surface area contributed by atoms with Crippen LogP contribution >= 0.6 is 11.6 Å². The fraction of sp³-hybridized carbons (Fsp3) is 0. The van der Waals surface area contributed by atoms with Crippen LogP contribution < -0.4 is 10.6 Å². The zero-order valence-corrected chi connectivity index (χ0v) is 10.1. The minimum atomic E-state index is -1.19. The highest BCUT2D eigenvalue weighted by atomic mass is 35.5. The highest BCUT2D eigenvalue weighted by Gasteiger charge is 2.07. The molecule has 0 radical (unpaired) electrons. The molecule has 1 aromatic heterocycles. The lowest BCUT2D eigenvalue weighted by molar-refractivity contribution is 0.210. The third kappa shape index (κ3) is 3.52. The molecule has 8 heteroatoms. The van der Waals surface area contributed by atoms with Crippen LogP contribution in [0.1, 0.15) is 0 Å². The summed E-state index contributed by atoms with van der Waals surface area (Å²) in [6, 6.07) is 6.28. The van der Waals surface area contributed by atoms with Crippen LogP contribution in [0.25, 0.3) is 0 Å². The largest absolute Gasteiger partial charge is 0.465 e. The molecule has 0 aliphatic rings. The average Bonchev–Trinajstić information content (AvgIpc) is 2.33. The summed E-state index contributed by atoms with van der Waals surface area (Å²) >= 11 is 5.56. The Hall–Kier alpha value is -2.41. The van der Waals surface area contributed by atoms with E-state index in [1.807, 2.05) is 0 Å². The van der Waals surface area contributed by atoms with Crippen LogP contribution in [0.2, 0.25) is 5.28 Å². The SMILES string of the molecule is O=C(O)Nc1cccc(Nc2nc(Cl)ncc2F)c1. The molecule has 0 unspecified atom stereocenters. The molecule has 1 heterocycles. The molecule has 6 nitrogen and oxygen atoms in total. The van der Waals surface area contributed by atoms with Gasteiger partial charge in [-0.1, -0.05) is 6.07 Å². The van der Waals surface area contributed by atoms with Gasteiger partial charge in [0.05, 0.1) is 6.20 Å². The lowest BCUT2D eigenvalue weighted by Gasteiger charge is -2.08. The second-order valence-corrected chi connectivity index (χ2v) is 3.81. The van der Waals surface area contributed by atoms with E-state index in [-0.39, 0.29) is 11.1 Å². The van der Waals surface area contributed by atoms with Gasteiger partial charge < -0.3 is 10.4 Å². The number of carbonyl (C=O) groups is 1. The molecule has 0 saturated carbocycles. The van der Waals surface area contributed by atoms with E-state index in [1.54, 1.807) is 18.2 Å². The lowest BCUT2D eigenvalue weighted by Crippen LogP contribution is -2.07. The van der Waals surface area contributed by atoms with Gasteiger partial charge in [-0.15, -0.1) is 0 Å². The van der Waals surface area contributed by atoms with E-state index in [0.29, 0.717) is 11.4 Å². The third-order valence-electron chi connectivity index (χ3n) is 2.09. The summed E-state index contributed by atoms with van der Waals surface area (Å²) in [6.45, 7) is 0. The molecule has 0 saturated heterocycles. The molecule has 0 aliphatic carbocycles. The van der Waals surface area contributed by atoms with Crippen molar-refractivity contribution in [1.82, 2.24) is 9.97 Å². The number of anilines is 3. The van der Waals surface area contributed by atoms with E-state index in [4.69, 9.17) is 16.7 Å². The molecule has 2 aromatic rings. The summed E-state index contributed by atoms with van der Waals surface area (Å²) in [5, 5.41) is 13.4. The molecule has 3 N–H and O–H groups in total. The minimum absolute atomic E-state index is 0.0903. The van der Waals surface area contributed by atoms with Crippen LogP contribution in [0.15, 0.2) is 30.5 Å². The van der Waals surface area contributed by atoms with Crippen LogP contribution in [-0.2, 0) is 0 Å². The zero-order valence-electron chi connectivity index (χ0n) is 9.39. The number of carboxylic acid groups (broad SMARTS) is 1. The summed E-state index contributed by atoms with van der Waals surface area (Å²) in [6.07, 6.45) is -0.245. The van der Waals surface area contributed by atoms with Gasteiger partial charge in [0, 0.05) is 11.4 Å². The summed E-state index contributed by atoms with van der Waals surface area (Å²) in [5.74, 6) is -0.756. The first-order chi connectivity index (χ1) is 9.04. The summed E-state index contributed by atoms with van der Waals surface area (Å²) in [4.78, 5) is 17.7. The van der Waals surface area contributed by atoms with Crippen molar-refractivity contribution in [2.75, 3.05) is 10.6 Å². The first-order valence-electron chi connectivity index (χ1n) is 5.09. The van der Waals surface area contributed by atoms with Gasteiger partial charge in [0.25, 0.3) is 0 Å². The summed E-state index contributed by atoms with van der Waals surface area (Å²) in [7, 11) is 0. The van der Waals surface area contributed by atoms with Crippen molar-refractivity contribution < 1.29 is 14.3 Å². The van der Waals surface area contributed by atoms with Crippen LogP contribution in [0, 0.1) is 5.82 Å². The van der Waals surface area contributed by atoms with E-state index >= 15 is 0 Å². The van der Waals surface area contributed by atoms with Crippen molar-refractivity contribution >= 4 is 34.9 Å². The molecular weight excluding hydrogens is 275 g/mol. The molecular formula is C11H8ClFN4O2. The Kier molecular flexibility index (Phi) is 3.76. The molecule has 0 aliphatic heterocycles. The Balaban J connectivity index is 2.23. The van der Waals surface area contributed by atoms with Crippen molar-refractivity contribution in [3.63, 3.8) is 0 Å². The van der Waals surface area contributed by atoms with E-state index in [0.717, 1.165) is 6.20 Å². The van der Waals surface area contributed by atoms with Gasteiger partial charge in [-0.3, -0.25) is 5.32 Å². The molecule has 98 valence electrons. The van der Waals surface area contributed by atoms with E-state index in [1.165, 1.54) is 6.07 Å². The molecule has 19 heavy (non-hydrogen) atoms. The highest BCUT2D eigenvalue weighted by Crippen LogP contribution is 2.21. The Bertz CT molecular complexity index is 623. The van der Waals surface area contributed by atoms with Crippen LogP contribution in [0.3, 0.4) is 0 Å². The normalized spacial score (nSPS) is 10.0. The van der Waals surface area contributed by atoms with Crippen molar-refractivity contribution in [2.24, 2.45) is 0 Å². The van der Waals surface area contributed by atoms with Crippen molar-refractivity contribution in [1.29, 1.82) is 0 Å². The van der Waals surface area contributed by atoms with Gasteiger partial charge in [0.15, 0.2) is 11.6 Å². The molecule has 0 fully saturated rings. The van der Waals surface area contributed by atoms with Gasteiger partial charge in [0.2, 0.25) is 5.28 Å². The van der Waals surface area contributed by atoms with Crippen LogP contribution in [0.5, 0.6) is 0 Å². The first-order valence-corrected chi connectivity index (χ1v) is 5.47. The number of nitrogens with one attached hydrogen (secondary N) is 2. The van der Waals surface area contributed by atoms with Crippen molar-refractivity contribution in [3.05, 3.63) is 41.6 Å². The molecule has 0 bridgehead atoms. The molecule has 0 spiro atoms. The minimum Gasteiger partial charge on any atom is -0.465 e. The number of hydrogen-bond acceptors (Lipinski definition) is 4. The maximum Gasteiger partial charge on any atom is 0.409 e. The molecule has 0 atom stereocenters. The standard InChI is InChI=1S/C11H8ClFN4O2/c12-10-14-5-8(13)9(17-10)15-6-2-1-3-7(4-6)16-11(18)19/h1-5,16H,(H,18,19)(H,14,15,17). The lowest BCUT2D eigenvalue weighted by atomic mass is 10.2. The predicted molar refractivity (Wildman–Crippen MR) is 68.4 cm³/mol. The molecule has 1 aromatic carbocycles. The van der Waals surface area contributed by atoms with Crippen molar-refractivity contribution in [3.8, 4) is 0 Å². The number of halogens is 2. The topological polar surface area (TPSA) is 87.1 Å². The quantitative estimate of drug-likeness (QED) is 0.753. The molecule has 1 amide bonds. The van der Waals surface area contributed by atoms with Gasteiger partial charge >= 0.3 is 6.09 Å². The van der Waals surface area contributed by atoms with Crippen LogP contribution in [-0.4, -0.2) is 21.2 Å². The zero-order chi connectivity index (χ0) is 13.8. The van der Waals surface area contributed by atoms with Gasteiger partial charge in [-0.05, 0) is 29.8 Å². The number of benzene rings is 1. The molecule has 2 rings (SSSR count). The van der Waals surface area contributed by atoms with Gasteiger partial charge in [0.1, 0.15) is 0 Å². The summed E-state index contributed by atoms with van der Waals surface area (Å²) < 4.78 is 13.4. The summed E-state index contributed by atoms with van der Waals surface area (Å²) in [5.41, 5.74) is 0.804. The van der Waals surface area contributed by atoms with Gasteiger partial charge in [-0.2, -0.15) is 4.98 Å². The smallest absolute Gasteiger partial charge is 0.409 e. The highest BCUT2D eigenvalue weighted by molar-refractivity contribution is 6.28. The number of rotatable bonds is 3. The number of nitrogens with zero attached hydrogens (tertiary/aromatic N) is 2. The Morgan fingerprint density at radius 2 is 2.11 bits per heavy atom. The Morgan fingerprint density at radius 3 is 2.84 bits per heavy atom.